The number of rotatable bonds is 1. The minimum Gasteiger partial charge on any atom is -0.402 e. The van der Waals surface area contributed by atoms with Gasteiger partial charge in [0.05, 0.1) is 0 Å². The van der Waals surface area contributed by atoms with Crippen molar-refractivity contribution in [3.8, 4) is 0 Å². The Morgan fingerprint density at radius 3 is 2.00 bits per heavy atom. The van der Waals surface area contributed by atoms with Gasteiger partial charge in [-0.3, -0.25) is 4.79 Å². The molecule has 0 aliphatic heterocycles. The fourth-order valence-electron chi connectivity index (χ4n) is 0.323. The molecule has 0 radical (unpaired) electrons. The van der Waals surface area contributed by atoms with Gasteiger partial charge >= 0.3 is 0 Å². The molecule has 0 aliphatic carbocycles. The van der Waals surface area contributed by atoms with E-state index in [0.717, 1.165) is 0 Å². The summed E-state index contributed by atoms with van der Waals surface area (Å²) in [5.41, 5.74) is 6.03. The van der Waals surface area contributed by atoms with Crippen LogP contribution in [0, 0.1) is 5.41 Å². The highest BCUT2D eigenvalue weighted by Gasteiger charge is 2.12. The van der Waals surface area contributed by atoms with E-state index in [1.165, 1.54) is 6.08 Å². The number of carbonyl (C=O) groups excluding carboxylic acids is 1. The summed E-state index contributed by atoms with van der Waals surface area (Å²) >= 11 is 0. The Morgan fingerprint density at radius 2 is 1.89 bits per heavy atom. The third-order valence-corrected chi connectivity index (χ3v) is 1.11. The summed E-state index contributed by atoms with van der Waals surface area (Å²) in [5.74, 6) is 0. The molecule has 2 heteroatoms. The lowest BCUT2D eigenvalue weighted by atomic mass is 9.92. The lowest BCUT2D eigenvalue weighted by Crippen LogP contribution is -2.16. The summed E-state index contributed by atoms with van der Waals surface area (Å²) in [6.45, 7) is 5.88. The first-order valence-electron chi connectivity index (χ1n) is 2.90. The molecule has 0 saturated carbocycles. The van der Waals surface area contributed by atoms with Crippen molar-refractivity contribution >= 4 is 6.29 Å². The third kappa shape index (κ3) is 2.90. The van der Waals surface area contributed by atoms with Crippen molar-refractivity contribution in [2.75, 3.05) is 0 Å². The second kappa shape index (κ2) is 2.67. The van der Waals surface area contributed by atoms with Crippen LogP contribution in [0.25, 0.3) is 0 Å². The zero-order chi connectivity index (χ0) is 7.49. The number of nitrogens with two attached hydrogens (primary N) is 1. The van der Waals surface area contributed by atoms with Gasteiger partial charge in [0.25, 0.3) is 0 Å². The van der Waals surface area contributed by atoms with Gasteiger partial charge in [-0.15, -0.1) is 0 Å². The highest BCUT2D eigenvalue weighted by atomic mass is 16.1. The molecule has 0 unspecified atom stereocenters. The van der Waals surface area contributed by atoms with Crippen LogP contribution in [0.15, 0.2) is 11.8 Å². The van der Waals surface area contributed by atoms with Crippen LogP contribution in [0.4, 0.5) is 0 Å². The molecule has 0 rings (SSSR count). The fraction of sp³-hybridized carbons (Fsp3) is 0.571. The van der Waals surface area contributed by atoms with Gasteiger partial charge in [-0.2, -0.15) is 0 Å². The lowest BCUT2D eigenvalue weighted by Gasteiger charge is -2.17. The highest BCUT2D eigenvalue weighted by Crippen LogP contribution is 2.19. The van der Waals surface area contributed by atoms with Crippen LogP contribution in [0.5, 0.6) is 0 Å². The van der Waals surface area contributed by atoms with Crippen LogP contribution in [0.1, 0.15) is 20.8 Å². The molecule has 9 heavy (non-hydrogen) atoms. The SMILES string of the molecule is CC(C)(C)/C(N)=C/C=O. The molecule has 0 atom stereocenters. The second-order valence-electron chi connectivity index (χ2n) is 3.01. The van der Waals surface area contributed by atoms with E-state index in [0.29, 0.717) is 12.0 Å². The Hall–Kier alpha value is -0.790. The van der Waals surface area contributed by atoms with E-state index in [4.69, 9.17) is 5.73 Å². The van der Waals surface area contributed by atoms with Crippen LogP contribution < -0.4 is 5.73 Å². The second-order valence-corrected chi connectivity index (χ2v) is 3.01. The third-order valence-electron chi connectivity index (χ3n) is 1.11. The molecule has 0 aliphatic rings. The molecule has 52 valence electrons. The van der Waals surface area contributed by atoms with Crippen molar-refractivity contribution in [2.24, 2.45) is 11.1 Å². The molecule has 0 aromatic rings. The van der Waals surface area contributed by atoms with Crippen LogP contribution >= 0.6 is 0 Å². The Morgan fingerprint density at radius 1 is 1.44 bits per heavy atom. The quantitative estimate of drug-likeness (QED) is 0.423. The predicted molar refractivity (Wildman–Crippen MR) is 37.8 cm³/mol. The topological polar surface area (TPSA) is 43.1 Å². The molecule has 0 saturated heterocycles. The van der Waals surface area contributed by atoms with Crippen molar-refractivity contribution in [3.05, 3.63) is 11.8 Å². The van der Waals surface area contributed by atoms with E-state index in [-0.39, 0.29) is 5.41 Å². The number of hydrogen-bond acceptors (Lipinski definition) is 2. The highest BCUT2D eigenvalue weighted by molar-refractivity contribution is 5.66. The molecule has 2 nitrogen and oxygen atoms in total. The van der Waals surface area contributed by atoms with Gasteiger partial charge in [-0.1, -0.05) is 20.8 Å². The Balaban J connectivity index is 4.19. The summed E-state index contributed by atoms with van der Waals surface area (Å²) in [6.07, 6.45) is 2.10. The van der Waals surface area contributed by atoms with E-state index >= 15 is 0 Å². The first kappa shape index (κ1) is 8.21. The monoisotopic (exact) mass is 127 g/mol. The van der Waals surface area contributed by atoms with Crippen LogP contribution in [-0.2, 0) is 4.79 Å². The van der Waals surface area contributed by atoms with Gasteiger partial charge in [0.1, 0.15) is 6.29 Å². The summed E-state index contributed by atoms with van der Waals surface area (Å²) in [5, 5.41) is 0. The normalized spacial score (nSPS) is 13.4. The van der Waals surface area contributed by atoms with Gasteiger partial charge in [0.2, 0.25) is 0 Å². The van der Waals surface area contributed by atoms with Crippen molar-refractivity contribution in [2.45, 2.75) is 20.8 Å². The molecular formula is C7H13NO. The number of hydrogen-bond donors (Lipinski definition) is 1. The number of aldehydes is 1. The van der Waals surface area contributed by atoms with E-state index < -0.39 is 0 Å². The van der Waals surface area contributed by atoms with Gasteiger partial charge in [-0.25, -0.2) is 0 Å². The zero-order valence-electron chi connectivity index (χ0n) is 6.14. The van der Waals surface area contributed by atoms with Gasteiger partial charge < -0.3 is 5.73 Å². The van der Waals surface area contributed by atoms with Crippen molar-refractivity contribution in [1.29, 1.82) is 0 Å². The molecule has 2 N–H and O–H groups in total. The molecule has 0 bridgehead atoms. The lowest BCUT2D eigenvalue weighted by molar-refractivity contribution is -0.104. The van der Waals surface area contributed by atoms with Gasteiger partial charge in [0.15, 0.2) is 0 Å². The smallest absolute Gasteiger partial charge is 0.144 e. The molecule has 0 aromatic carbocycles. The minimum atomic E-state index is -0.0824. The van der Waals surface area contributed by atoms with Crippen LogP contribution in [0.3, 0.4) is 0 Å². The van der Waals surface area contributed by atoms with Crippen molar-refractivity contribution in [3.63, 3.8) is 0 Å². The zero-order valence-corrected chi connectivity index (χ0v) is 6.14. The first-order chi connectivity index (χ1) is 3.98. The Kier molecular flexibility index (Phi) is 2.43. The maximum Gasteiger partial charge on any atom is 0.144 e. The molecule has 0 heterocycles. The molecule has 0 aromatic heterocycles. The number of carbonyl (C=O) groups is 1. The van der Waals surface area contributed by atoms with Gasteiger partial charge in [-0.05, 0) is 6.08 Å². The predicted octanol–water partition coefficient (Wildman–Crippen LogP) is 1.07. The minimum absolute atomic E-state index is 0.0824. The fourth-order valence-corrected chi connectivity index (χ4v) is 0.323. The first-order valence-corrected chi connectivity index (χ1v) is 2.90. The Labute approximate surface area is 55.7 Å². The van der Waals surface area contributed by atoms with Crippen LogP contribution in [0.2, 0.25) is 0 Å². The summed E-state index contributed by atoms with van der Waals surface area (Å²) in [7, 11) is 0. The van der Waals surface area contributed by atoms with Crippen molar-refractivity contribution in [1.82, 2.24) is 0 Å². The summed E-state index contributed by atoms with van der Waals surface area (Å²) in [6, 6.07) is 0. The maximum atomic E-state index is 9.91. The average molecular weight is 127 g/mol. The van der Waals surface area contributed by atoms with Crippen molar-refractivity contribution < 1.29 is 4.79 Å². The average Bonchev–Trinajstić information content (AvgIpc) is 1.64. The largest absolute Gasteiger partial charge is 0.402 e. The van der Waals surface area contributed by atoms with Crippen LogP contribution in [-0.4, -0.2) is 6.29 Å². The van der Waals surface area contributed by atoms with E-state index in [9.17, 15) is 4.79 Å². The Bertz CT molecular complexity index is 130. The molecular weight excluding hydrogens is 114 g/mol. The molecule has 0 spiro atoms. The maximum absolute atomic E-state index is 9.91. The van der Waals surface area contributed by atoms with E-state index in [1.807, 2.05) is 20.8 Å². The number of allylic oxidation sites excluding steroid dienone is 2. The van der Waals surface area contributed by atoms with E-state index in [2.05, 4.69) is 0 Å². The molecule has 0 fully saturated rings. The summed E-state index contributed by atoms with van der Waals surface area (Å²) in [4.78, 5) is 9.91. The standard InChI is InChI=1S/C7H13NO/c1-7(2,3)6(8)4-5-9/h4-5H,8H2,1-3H3/b6-4-. The summed E-state index contributed by atoms with van der Waals surface area (Å²) < 4.78 is 0. The van der Waals surface area contributed by atoms with Gasteiger partial charge in [0, 0.05) is 11.1 Å². The molecule has 0 amide bonds. The van der Waals surface area contributed by atoms with E-state index in [1.54, 1.807) is 0 Å².